The van der Waals surface area contributed by atoms with Crippen molar-refractivity contribution >= 4 is 23.5 Å². The third-order valence-corrected chi connectivity index (χ3v) is 3.62. The van der Waals surface area contributed by atoms with E-state index in [1.165, 1.54) is 23.0 Å². The Bertz CT molecular complexity index is 926. The number of aromatic amines is 1. The fraction of sp³-hybridized carbons (Fsp3) is 0.0588. The number of benzene rings is 2. The van der Waals surface area contributed by atoms with E-state index in [0.29, 0.717) is 27.5 Å². The Hall–Kier alpha value is -2.66. The lowest BCUT2D eigenvalue weighted by Crippen LogP contribution is -2.14. The molecule has 116 valence electrons. The SMILES string of the molecule is Cn1[nH]c(-c2cccc(F)c2)c(C=Nc2ccc(Cl)cc2)c1=O. The van der Waals surface area contributed by atoms with Crippen molar-refractivity contribution in [2.75, 3.05) is 0 Å². The topological polar surface area (TPSA) is 50.1 Å². The standard InChI is InChI=1S/C17H13ClFN3O/c1-22-17(23)15(10-20-14-7-5-12(18)6-8-14)16(21-22)11-3-2-4-13(19)9-11/h2-10,21H,1H3. The van der Waals surface area contributed by atoms with E-state index in [2.05, 4.69) is 10.1 Å². The fourth-order valence-electron chi connectivity index (χ4n) is 2.22. The number of aliphatic imine (C=N–C) groups is 1. The van der Waals surface area contributed by atoms with Crippen LogP contribution in [0.3, 0.4) is 0 Å². The van der Waals surface area contributed by atoms with Gasteiger partial charge in [0.05, 0.1) is 16.9 Å². The third kappa shape index (κ3) is 3.24. The normalized spacial score (nSPS) is 11.3. The Morgan fingerprint density at radius 3 is 2.65 bits per heavy atom. The Morgan fingerprint density at radius 1 is 1.22 bits per heavy atom. The van der Waals surface area contributed by atoms with Crippen LogP contribution in [-0.2, 0) is 7.05 Å². The third-order valence-electron chi connectivity index (χ3n) is 3.37. The summed E-state index contributed by atoms with van der Waals surface area (Å²) >= 11 is 5.83. The van der Waals surface area contributed by atoms with E-state index in [1.807, 2.05) is 0 Å². The molecular formula is C17H13ClFN3O. The van der Waals surface area contributed by atoms with Crippen molar-refractivity contribution in [1.29, 1.82) is 0 Å². The molecule has 0 spiro atoms. The van der Waals surface area contributed by atoms with E-state index in [1.54, 1.807) is 43.4 Å². The highest BCUT2D eigenvalue weighted by Crippen LogP contribution is 2.21. The molecule has 0 fully saturated rings. The second-order valence-corrected chi connectivity index (χ2v) is 5.45. The summed E-state index contributed by atoms with van der Waals surface area (Å²) < 4.78 is 14.8. The van der Waals surface area contributed by atoms with Gasteiger partial charge in [-0.2, -0.15) is 0 Å². The lowest BCUT2D eigenvalue weighted by atomic mass is 10.1. The Morgan fingerprint density at radius 2 is 1.96 bits per heavy atom. The molecule has 0 aliphatic carbocycles. The molecule has 0 atom stereocenters. The molecule has 1 heterocycles. The first-order chi connectivity index (χ1) is 11.0. The predicted molar refractivity (Wildman–Crippen MR) is 90.1 cm³/mol. The zero-order valence-electron chi connectivity index (χ0n) is 12.3. The van der Waals surface area contributed by atoms with Gasteiger partial charge in [0.15, 0.2) is 0 Å². The number of aryl methyl sites for hydroxylation is 1. The van der Waals surface area contributed by atoms with Gasteiger partial charge in [0.2, 0.25) is 0 Å². The van der Waals surface area contributed by atoms with E-state index in [4.69, 9.17) is 11.6 Å². The Labute approximate surface area is 136 Å². The second-order valence-electron chi connectivity index (χ2n) is 5.01. The maximum Gasteiger partial charge on any atom is 0.275 e. The van der Waals surface area contributed by atoms with Crippen molar-refractivity contribution < 1.29 is 4.39 Å². The van der Waals surface area contributed by atoms with Crippen LogP contribution in [-0.4, -0.2) is 16.0 Å². The van der Waals surface area contributed by atoms with E-state index in [-0.39, 0.29) is 11.4 Å². The average molecular weight is 330 g/mol. The van der Waals surface area contributed by atoms with Gasteiger partial charge < -0.3 is 0 Å². The smallest absolute Gasteiger partial charge is 0.275 e. The maximum atomic E-state index is 13.4. The second kappa shape index (κ2) is 6.22. The summed E-state index contributed by atoms with van der Waals surface area (Å²) in [6, 6.07) is 13.0. The minimum Gasteiger partial charge on any atom is -0.295 e. The number of rotatable bonds is 3. The van der Waals surface area contributed by atoms with Crippen LogP contribution >= 0.6 is 11.6 Å². The minimum absolute atomic E-state index is 0.234. The summed E-state index contributed by atoms with van der Waals surface area (Å²) in [6.45, 7) is 0. The van der Waals surface area contributed by atoms with Crippen molar-refractivity contribution in [2.45, 2.75) is 0 Å². The van der Waals surface area contributed by atoms with Gasteiger partial charge in [-0.1, -0.05) is 23.7 Å². The van der Waals surface area contributed by atoms with Crippen molar-refractivity contribution in [3.05, 3.63) is 75.3 Å². The molecule has 1 aromatic heterocycles. The molecule has 0 saturated heterocycles. The molecule has 4 nitrogen and oxygen atoms in total. The van der Waals surface area contributed by atoms with E-state index >= 15 is 0 Å². The molecule has 6 heteroatoms. The lowest BCUT2D eigenvalue weighted by molar-refractivity contribution is 0.628. The lowest BCUT2D eigenvalue weighted by Gasteiger charge is -2.00. The first-order valence-corrected chi connectivity index (χ1v) is 7.27. The summed E-state index contributed by atoms with van der Waals surface area (Å²) in [5.74, 6) is -0.368. The number of aromatic nitrogens is 2. The zero-order chi connectivity index (χ0) is 16.4. The number of nitrogens with zero attached hydrogens (tertiary/aromatic N) is 2. The van der Waals surface area contributed by atoms with Gasteiger partial charge in [0, 0.05) is 23.8 Å². The van der Waals surface area contributed by atoms with E-state index < -0.39 is 0 Å². The molecule has 0 radical (unpaired) electrons. The molecule has 3 rings (SSSR count). The first kappa shape index (κ1) is 15.2. The molecule has 0 amide bonds. The van der Waals surface area contributed by atoms with Gasteiger partial charge in [-0.25, -0.2) is 4.39 Å². The maximum absolute atomic E-state index is 13.4. The summed E-state index contributed by atoms with van der Waals surface area (Å²) in [5.41, 5.74) is 1.91. The number of H-pyrrole nitrogens is 1. The van der Waals surface area contributed by atoms with Crippen molar-refractivity contribution in [3.63, 3.8) is 0 Å². The molecular weight excluding hydrogens is 317 g/mol. The van der Waals surface area contributed by atoms with Gasteiger partial charge >= 0.3 is 0 Å². The number of hydrogen-bond acceptors (Lipinski definition) is 2. The zero-order valence-corrected chi connectivity index (χ0v) is 13.0. The number of nitrogens with one attached hydrogen (secondary N) is 1. The monoisotopic (exact) mass is 329 g/mol. The summed E-state index contributed by atoms with van der Waals surface area (Å²) in [5, 5.41) is 3.54. The summed E-state index contributed by atoms with van der Waals surface area (Å²) in [7, 11) is 1.60. The van der Waals surface area contributed by atoms with Crippen molar-refractivity contribution in [3.8, 4) is 11.3 Å². The van der Waals surface area contributed by atoms with Crippen molar-refractivity contribution in [2.24, 2.45) is 12.0 Å². The highest BCUT2D eigenvalue weighted by atomic mass is 35.5. The quantitative estimate of drug-likeness (QED) is 0.727. The van der Waals surface area contributed by atoms with Crippen LogP contribution in [0.4, 0.5) is 10.1 Å². The van der Waals surface area contributed by atoms with Crippen LogP contribution in [0.1, 0.15) is 5.56 Å². The van der Waals surface area contributed by atoms with Crippen LogP contribution in [0.15, 0.2) is 58.3 Å². The predicted octanol–water partition coefficient (Wildman–Crippen LogP) is 3.92. The minimum atomic E-state index is -0.368. The molecule has 3 aromatic rings. The fourth-order valence-corrected chi connectivity index (χ4v) is 2.34. The van der Waals surface area contributed by atoms with Gasteiger partial charge in [0.1, 0.15) is 5.82 Å². The first-order valence-electron chi connectivity index (χ1n) is 6.89. The van der Waals surface area contributed by atoms with Crippen LogP contribution in [0.2, 0.25) is 5.02 Å². The largest absolute Gasteiger partial charge is 0.295 e. The highest BCUT2D eigenvalue weighted by Gasteiger charge is 2.13. The van der Waals surface area contributed by atoms with Gasteiger partial charge in [-0.3, -0.25) is 19.6 Å². The summed E-state index contributed by atoms with van der Waals surface area (Å²) in [6.07, 6.45) is 1.47. The molecule has 0 aliphatic rings. The van der Waals surface area contributed by atoms with Gasteiger partial charge in [-0.05, 0) is 36.4 Å². The van der Waals surface area contributed by atoms with Crippen LogP contribution in [0.5, 0.6) is 0 Å². The molecule has 2 aromatic carbocycles. The Kier molecular flexibility index (Phi) is 4.12. The van der Waals surface area contributed by atoms with E-state index in [0.717, 1.165) is 0 Å². The van der Waals surface area contributed by atoms with Crippen LogP contribution in [0, 0.1) is 5.82 Å². The molecule has 0 saturated carbocycles. The van der Waals surface area contributed by atoms with Crippen molar-refractivity contribution in [1.82, 2.24) is 9.78 Å². The number of hydrogen-bond donors (Lipinski definition) is 1. The molecule has 0 aliphatic heterocycles. The average Bonchev–Trinajstić information content (AvgIpc) is 2.82. The van der Waals surface area contributed by atoms with Crippen LogP contribution in [0.25, 0.3) is 11.3 Å². The summed E-state index contributed by atoms with van der Waals surface area (Å²) in [4.78, 5) is 16.5. The molecule has 0 bridgehead atoms. The molecule has 23 heavy (non-hydrogen) atoms. The van der Waals surface area contributed by atoms with Gasteiger partial charge in [0.25, 0.3) is 5.56 Å². The Balaban J connectivity index is 2.05. The van der Waals surface area contributed by atoms with E-state index in [9.17, 15) is 9.18 Å². The van der Waals surface area contributed by atoms with Crippen LogP contribution < -0.4 is 5.56 Å². The molecule has 1 N–H and O–H groups in total. The molecule has 0 unspecified atom stereocenters. The number of halogens is 2. The van der Waals surface area contributed by atoms with Gasteiger partial charge in [-0.15, -0.1) is 0 Å². The highest BCUT2D eigenvalue weighted by molar-refractivity contribution is 6.30.